The van der Waals surface area contributed by atoms with E-state index in [9.17, 15) is 8.42 Å². The van der Waals surface area contributed by atoms with E-state index >= 15 is 0 Å². The van der Waals surface area contributed by atoms with E-state index in [1.54, 1.807) is 6.07 Å². The number of nitrogens with two attached hydrogens (primary N) is 1. The van der Waals surface area contributed by atoms with Gasteiger partial charge < -0.3 is 5.73 Å². The maximum Gasteiger partial charge on any atom is 0.269 e. The van der Waals surface area contributed by atoms with Crippen molar-refractivity contribution in [2.45, 2.75) is 5.75 Å². The van der Waals surface area contributed by atoms with Crippen molar-refractivity contribution in [2.75, 3.05) is 5.73 Å². The largest absolute Gasteiger partial charge is 0.383 e. The molecule has 1 rings (SSSR count). The van der Waals surface area contributed by atoms with Gasteiger partial charge in [0.15, 0.2) is 0 Å². The average Bonchev–Trinajstić information content (AvgIpc) is 1.91. The summed E-state index contributed by atoms with van der Waals surface area (Å²) in [5, 5.41) is 0. The first-order valence-electron chi connectivity index (χ1n) is 3.13. The molecule has 1 aromatic heterocycles. The van der Waals surface area contributed by atoms with E-state index in [1.165, 1.54) is 12.3 Å². The van der Waals surface area contributed by atoms with Gasteiger partial charge >= 0.3 is 0 Å². The molecule has 1 aromatic rings. The predicted molar refractivity (Wildman–Crippen MR) is 43.9 cm³/mol. The maximum absolute atomic E-state index is 10.4. The number of hydrogen-bond acceptors (Lipinski definition) is 4. The number of pyridine rings is 1. The van der Waals surface area contributed by atoms with Crippen LogP contribution in [0.15, 0.2) is 18.3 Å². The fourth-order valence-corrected chi connectivity index (χ4v) is 1.41. The Morgan fingerprint density at radius 2 is 2.25 bits per heavy atom. The van der Waals surface area contributed by atoms with Crippen LogP contribution in [0.5, 0.6) is 0 Å². The summed E-state index contributed by atoms with van der Waals surface area (Å²) in [6.07, 6.45) is 1.45. The molecule has 66 valence electrons. The summed E-state index contributed by atoms with van der Waals surface area (Å²) in [4.78, 5) is 3.67. The van der Waals surface area contributed by atoms with Crippen molar-refractivity contribution in [1.29, 1.82) is 0 Å². The fraction of sp³-hybridized carbons (Fsp3) is 0.167. The molecule has 0 fully saturated rings. The molecule has 0 aromatic carbocycles. The number of nitrogen functional groups attached to an aromatic ring is 1. The first-order chi connectivity index (χ1) is 5.49. The molecule has 0 atom stereocenters. The molecule has 0 radical (unpaired) electrons. The Morgan fingerprint density at radius 1 is 1.58 bits per heavy atom. The SMILES string of the molecule is Nc1ncccc1CS(=O)(=O)O. The number of anilines is 1. The minimum atomic E-state index is -4.02. The van der Waals surface area contributed by atoms with E-state index in [1.807, 2.05) is 0 Å². The summed E-state index contributed by atoms with van der Waals surface area (Å²) in [6, 6.07) is 3.05. The minimum Gasteiger partial charge on any atom is -0.383 e. The molecule has 0 saturated carbocycles. The van der Waals surface area contributed by atoms with Crippen LogP contribution in [-0.2, 0) is 15.9 Å². The van der Waals surface area contributed by atoms with Crippen molar-refractivity contribution in [1.82, 2.24) is 4.98 Å². The van der Waals surface area contributed by atoms with Gasteiger partial charge in [-0.3, -0.25) is 4.55 Å². The summed E-state index contributed by atoms with van der Waals surface area (Å²) < 4.78 is 29.3. The zero-order valence-electron chi connectivity index (χ0n) is 6.14. The standard InChI is InChI=1S/C6H8N2O3S/c7-6-5(2-1-3-8-6)4-12(9,10)11/h1-3H,4H2,(H2,7,8)(H,9,10,11). The van der Waals surface area contributed by atoms with Crippen molar-refractivity contribution in [3.63, 3.8) is 0 Å². The zero-order chi connectivity index (χ0) is 9.19. The van der Waals surface area contributed by atoms with Crippen molar-refractivity contribution in [2.24, 2.45) is 0 Å². The van der Waals surface area contributed by atoms with E-state index in [0.29, 0.717) is 5.56 Å². The molecule has 0 saturated heterocycles. The number of nitrogens with zero attached hydrogens (tertiary/aromatic N) is 1. The number of hydrogen-bond donors (Lipinski definition) is 2. The minimum absolute atomic E-state index is 0.120. The molecule has 0 amide bonds. The molecule has 0 spiro atoms. The Labute approximate surface area is 70.0 Å². The molecule has 0 bridgehead atoms. The van der Waals surface area contributed by atoms with Gasteiger partial charge in [-0.05, 0) is 6.07 Å². The summed E-state index contributed by atoms with van der Waals surface area (Å²) in [5.41, 5.74) is 5.65. The lowest BCUT2D eigenvalue weighted by molar-refractivity contribution is 0.482. The van der Waals surface area contributed by atoms with E-state index in [-0.39, 0.29) is 5.82 Å². The van der Waals surface area contributed by atoms with Crippen molar-refractivity contribution in [3.8, 4) is 0 Å². The van der Waals surface area contributed by atoms with Gasteiger partial charge in [0.1, 0.15) is 11.6 Å². The number of rotatable bonds is 2. The lowest BCUT2D eigenvalue weighted by Gasteiger charge is -2.00. The summed E-state index contributed by atoms with van der Waals surface area (Å²) in [5.74, 6) is -0.373. The van der Waals surface area contributed by atoms with Crippen LogP contribution in [0.3, 0.4) is 0 Å². The van der Waals surface area contributed by atoms with Gasteiger partial charge in [0.05, 0.1) is 0 Å². The van der Waals surface area contributed by atoms with Gasteiger partial charge in [-0.25, -0.2) is 4.98 Å². The number of aromatic nitrogens is 1. The molecule has 0 aliphatic rings. The Bertz CT molecular complexity index is 374. The zero-order valence-corrected chi connectivity index (χ0v) is 6.95. The van der Waals surface area contributed by atoms with Crippen molar-refractivity contribution < 1.29 is 13.0 Å². The smallest absolute Gasteiger partial charge is 0.269 e. The van der Waals surface area contributed by atoms with E-state index < -0.39 is 15.9 Å². The van der Waals surface area contributed by atoms with Gasteiger partial charge in [-0.15, -0.1) is 0 Å². The molecule has 1 heterocycles. The van der Waals surface area contributed by atoms with Gasteiger partial charge in [0.25, 0.3) is 10.1 Å². The van der Waals surface area contributed by atoms with Gasteiger partial charge in [-0.2, -0.15) is 8.42 Å². The molecule has 5 nitrogen and oxygen atoms in total. The first-order valence-corrected chi connectivity index (χ1v) is 4.74. The van der Waals surface area contributed by atoms with Crippen molar-refractivity contribution in [3.05, 3.63) is 23.9 Å². The van der Waals surface area contributed by atoms with Crippen LogP contribution in [0.25, 0.3) is 0 Å². The molecule has 12 heavy (non-hydrogen) atoms. The third-order valence-electron chi connectivity index (χ3n) is 1.26. The topological polar surface area (TPSA) is 93.3 Å². The molecule has 3 N–H and O–H groups in total. The molecule has 6 heteroatoms. The predicted octanol–water partition coefficient (Wildman–Crippen LogP) is 0.0516. The fourth-order valence-electron chi connectivity index (χ4n) is 0.769. The highest BCUT2D eigenvalue weighted by Gasteiger charge is 2.08. The normalized spacial score (nSPS) is 11.4. The highest BCUT2D eigenvalue weighted by molar-refractivity contribution is 7.85. The van der Waals surface area contributed by atoms with Gasteiger partial charge in [0.2, 0.25) is 0 Å². The van der Waals surface area contributed by atoms with E-state index in [4.69, 9.17) is 10.3 Å². The van der Waals surface area contributed by atoms with Crippen LogP contribution < -0.4 is 5.73 Å². The van der Waals surface area contributed by atoms with Gasteiger partial charge in [-0.1, -0.05) is 6.07 Å². The van der Waals surface area contributed by atoms with Crippen molar-refractivity contribution >= 4 is 15.9 Å². The molecular formula is C6H8N2O3S. The molecule has 0 unspecified atom stereocenters. The van der Waals surface area contributed by atoms with Crippen LogP contribution in [0.2, 0.25) is 0 Å². The summed E-state index contributed by atoms with van der Waals surface area (Å²) in [6.45, 7) is 0. The lowest BCUT2D eigenvalue weighted by Crippen LogP contribution is -2.05. The van der Waals surface area contributed by atoms with Crippen LogP contribution in [-0.4, -0.2) is 18.0 Å². The summed E-state index contributed by atoms with van der Waals surface area (Å²) in [7, 11) is -4.02. The molecular weight excluding hydrogens is 180 g/mol. The monoisotopic (exact) mass is 188 g/mol. The van der Waals surface area contributed by atoms with E-state index in [2.05, 4.69) is 4.98 Å². The van der Waals surface area contributed by atoms with E-state index in [0.717, 1.165) is 0 Å². The Morgan fingerprint density at radius 3 is 2.75 bits per heavy atom. The Balaban J connectivity index is 2.98. The molecule has 0 aliphatic heterocycles. The summed E-state index contributed by atoms with van der Waals surface area (Å²) >= 11 is 0. The third-order valence-corrected chi connectivity index (χ3v) is 1.94. The Hall–Kier alpha value is -1.14. The Kier molecular flexibility index (Phi) is 2.30. The van der Waals surface area contributed by atoms with Gasteiger partial charge in [0, 0.05) is 11.8 Å². The van der Waals surface area contributed by atoms with Crippen LogP contribution in [0.4, 0.5) is 5.82 Å². The second-order valence-corrected chi connectivity index (χ2v) is 3.73. The quantitative estimate of drug-likeness (QED) is 0.640. The first kappa shape index (κ1) is 8.95. The van der Waals surface area contributed by atoms with Crippen LogP contribution in [0.1, 0.15) is 5.56 Å². The third kappa shape index (κ3) is 2.48. The average molecular weight is 188 g/mol. The highest BCUT2D eigenvalue weighted by Crippen LogP contribution is 2.09. The molecule has 0 aliphatic carbocycles. The second kappa shape index (κ2) is 3.08. The maximum atomic E-state index is 10.4. The second-order valence-electron chi connectivity index (χ2n) is 2.27. The van der Waals surface area contributed by atoms with Crippen LogP contribution >= 0.6 is 0 Å². The lowest BCUT2D eigenvalue weighted by atomic mass is 10.3. The highest BCUT2D eigenvalue weighted by atomic mass is 32.2. The van der Waals surface area contributed by atoms with Crippen LogP contribution in [0, 0.1) is 0 Å².